The van der Waals surface area contributed by atoms with Gasteiger partial charge in [-0.05, 0) is 29.7 Å². The summed E-state index contributed by atoms with van der Waals surface area (Å²) in [7, 11) is 0. The number of hydrogen-bond acceptors (Lipinski definition) is 6. The minimum atomic E-state index is -0.624. The standard InChI is InChI=1S/C34H42O6/c1-2-3-4-5-6-16-23-36-34-32(38-25-28-19-12-8-13-20-28)31(37-24-27-17-10-7-11-18-27)30(40-34)26-39-33(35)29-21-14-9-15-22-29/h7-15,17-22,30-32,34H,2-6,16,23-26H2,1H3/t30-,31-,32+,34+/m1/s1. The summed E-state index contributed by atoms with van der Waals surface area (Å²) in [5.41, 5.74) is 2.59. The molecule has 40 heavy (non-hydrogen) atoms. The largest absolute Gasteiger partial charge is 0.459 e. The van der Waals surface area contributed by atoms with Gasteiger partial charge in [0.25, 0.3) is 0 Å². The Morgan fingerprint density at radius 2 is 1.23 bits per heavy atom. The molecule has 214 valence electrons. The lowest BCUT2D eigenvalue weighted by molar-refractivity contribution is -0.183. The molecule has 0 spiro atoms. The number of benzene rings is 3. The summed E-state index contributed by atoms with van der Waals surface area (Å²) in [5, 5.41) is 0. The molecule has 4 rings (SSSR count). The fraction of sp³-hybridized carbons (Fsp3) is 0.441. The van der Waals surface area contributed by atoms with Crippen LogP contribution in [-0.2, 0) is 36.9 Å². The normalized spacial score (nSPS) is 20.4. The van der Waals surface area contributed by atoms with Gasteiger partial charge in [0.15, 0.2) is 6.29 Å². The molecular weight excluding hydrogens is 504 g/mol. The summed E-state index contributed by atoms with van der Waals surface area (Å²) in [6, 6.07) is 29.0. The lowest BCUT2D eigenvalue weighted by atomic mass is 10.1. The first-order valence-electron chi connectivity index (χ1n) is 14.5. The highest BCUT2D eigenvalue weighted by atomic mass is 16.7. The van der Waals surface area contributed by atoms with Gasteiger partial charge >= 0.3 is 5.97 Å². The monoisotopic (exact) mass is 546 g/mol. The van der Waals surface area contributed by atoms with Crippen LogP contribution in [0.1, 0.15) is 66.9 Å². The van der Waals surface area contributed by atoms with E-state index in [1.807, 2.05) is 78.9 Å². The van der Waals surface area contributed by atoms with Gasteiger partial charge in [-0.2, -0.15) is 0 Å². The Morgan fingerprint density at radius 3 is 1.85 bits per heavy atom. The van der Waals surface area contributed by atoms with Gasteiger partial charge in [0.05, 0.1) is 18.8 Å². The van der Waals surface area contributed by atoms with Crippen LogP contribution in [0.3, 0.4) is 0 Å². The smallest absolute Gasteiger partial charge is 0.338 e. The zero-order chi connectivity index (χ0) is 27.8. The highest BCUT2D eigenvalue weighted by Crippen LogP contribution is 2.30. The Bertz CT molecular complexity index is 1090. The van der Waals surface area contributed by atoms with E-state index in [-0.39, 0.29) is 6.61 Å². The third-order valence-corrected chi connectivity index (χ3v) is 7.01. The molecule has 0 amide bonds. The summed E-state index contributed by atoms with van der Waals surface area (Å²) < 4.78 is 31.1. The van der Waals surface area contributed by atoms with Gasteiger partial charge in [0.1, 0.15) is 24.9 Å². The first kappa shape index (κ1) is 29.9. The molecule has 0 bridgehead atoms. The molecule has 1 fully saturated rings. The second-order valence-electron chi connectivity index (χ2n) is 10.2. The van der Waals surface area contributed by atoms with Crippen LogP contribution in [0.2, 0.25) is 0 Å². The number of ether oxygens (including phenoxy) is 5. The summed E-state index contributed by atoms with van der Waals surface area (Å²) in [4.78, 5) is 12.7. The van der Waals surface area contributed by atoms with E-state index in [1.54, 1.807) is 12.1 Å². The van der Waals surface area contributed by atoms with E-state index in [9.17, 15) is 4.79 Å². The number of esters is 1. The fourth-order valence-electron chi connectivity index (χ4n) is 4.77. The molecule has 1 aliphatic heterocycles. The van der Waals surface area contributed by atoms with Crippen molar-refractivity contribution in [2.75, 3.05) is 13.2 Å². The molecule has 0 aliphatic carbocycles. The molecule has 6 heteroatoms. The predicted octanol–water partition coefficient (Wildman–Crippen LogP) is 7.12. The number of hydrogen-bond donors (Lipinski definition) is 0. The van der Waals surface area contributed by atoms with Crippen LogP contribution in [0.25, 0.3) is 0 Å². The van der Waals surface area contributed by atoms with Gasteiger partial charge in [0.2, 0.25) is 0 Å². The average Bonchev–Trinajstić information content (AvgIpc) is 3.34. The minimum absolute atomic E-state index is 0.0370. The van der Waals surface area contributed by atoms with Crippen molar-refractivity contribution in [3.63, 3.8) is 0 Å². The molecule has 0 saturated carbocycles. The van der Waals surface area contributed by atoms with Crippen molar-refractivity contribution in [3.8, 4) is 0 Å². The predicted molar refractivity (Wildman–Crippen MR) is 155 cm³/mol. The maximum atomic E-state index is 12.7. The van der Waals surface area contributed by atoms with Gasteiger partial charge < -0.3 is 23.7 Å². The van der Waals surface area contributed by atoms with Crippen molar-refractivity contribution in [1.82, 2.24) is 0 Å². The van der Waals surface area contributed by atoms with Crippen LogP contribution in [0.5, 0.6) is 0 Å². The topological polar surface area (TPSA) is 63.2 Å². The fourth-order valence-corrected chi connectivity index (χ4v) is 4.77. The average molecular weight is 547 g/mol. The van der Waals surface area contributed by atoms with Crippen LogP contribution in [0.4, 0.5) is 0 Å². The van der Waals surface area contributed by atoms with E-state index >= 15 is 0 Å². The molecule has 0 radical (unpaired) electrons. The maximum Gasteiger partial charge on any atom is 0.338 e. The van der Waals surface area contributed by atoms with Crippen molar-refractivity contribution in [2.24, 2.45) is 0 Å². The van der Waals surface area contributed by atoms with Crippen LogP contribution < -0.4 is 0 Å². The van der Waals surface area contributed by atoms with Crippen LogP contribution in [-0.4, -0.2) is 43.8 Å². The SMILES string of the molecule is CCCCCCCCO[C@H]1O[C@H](COC(=O)c2ccccc2)[C@@H](OCc2ccccc2)[C@@H]1OCc1ccccc1. The Balaban J connectivity index is 1.44. The molecule has 1 aliphatic rings. The highest BCUT2D eigenvalue weighted by molar-refractivity contribution is 5.89. The molecule has 3 aromatic carbocycles. The molecule has 6 nitrogen and oxygen atoms in total. The van der Waals surface area contributed by atoms with Gasteiger partial charge in [-0.15, -0.1) is 0 Å². The van der Waals surface area contributed by atoms with Crippen molar-refractivity contribution in [1.29, 1.82) is 0 Å². The third-order valence-electron chi connectivity index (χ3n) is 7.01. The Kier molecular flexibility index (Phi) is 12.7. The Hall–Kier alpha value is -3.03. The van der Waals surface area contributed by atoms with Crippen molar-refractivity contribution >= 4 is 5.97 Å². The third kappa shape index (κ3) is 9.56. The second kappa shape index (κ2) is 16.9. The molecule has 0 aromatic heterocycles. The molecule has 3 aromatic rings. The summed E-state index contributed by atoms with van der Waals surface area (Å²) in [5.74, 6) is -0.399. The molecule has 1 heterocycles. The molecule has 0 unspecified atom stereocenters. The van der Waals surface area contributed by atoms with E-state index in [0.29, 0.717) is 25.4 Å². The zero-order valence-corrected chi connectivity index (χ0v) is 23.5. The Labute approximate surface area is 238 Å². The van der Waals surface area contributed by atoms with Gasteiger partial charge in [-0.3, -0.25) is 0 Å². The van der Waals surface area contributed by atoms with Crippen molar-refractivity contribution in [2.45, 2.75) is 83.3 Å². The van der Waals surface area contributed by atoms with E-state index in [2.05, 4.69) is 6.92 Å². The van der Waals surface area contributed by atoms with E-state index in [1.165, 1.54) is 25.7 Å². The first-order chi connectivity index (χ1) is 19.7. The van der Waals surface area contributed by atoms with Crippen LogP contribution in [0, 0.1) is 0 Å². The zero-order valence-electron chi connectivity index (χ0n) is 23.5. The summed E-state index contributed by atoms with van der Waals surface area (Å²) in [6.07, 6.45) is 4.91. The Morgan fingerprint density at radius 1 is 0.675 bits per heavy atom. The summed E-state index contributed by atoms with van der Waals surface area (Å²) in [6.45, 7) is 3.61. The first-order valence-corrected chi connectivity index (χ1v) is 14.5. The lowest BCUT2D eigenvalue weighted by Crippen LogP contribution is -2.40. The molecular formula is C34H42O6. The summed E-state index contributed by atoms with van der Waals surface area (Å²) >= 11 is 0. The van der Waals surface area contributed by atoms with E-state index < -0.39 is 30.6 Å². The van der Waals surface area contributed by atoms with Gasteiger partial charge in [-0.25, -0.2) is 4.79 Å². The van der Waals surface area contributed by atoms with Crippen LogP contribution in [0.15, 0.2) is 91.0 Å². The number of unbranched alkanes of at least 4 members (excludes halogenated alkanes) is 5. The molecule has 4 atom stereocenters. The number of rotatable bonds is 17. The van der Waals surface area contributed by atoms with E-state index in [0.717, 1.165) is 24.0 Å². The number of carbonyl (C=O) groups excluding carboxylic acids is 1. The lowest BCUT2D eigenvalue weighted by Gasteiger charge is -2.25. The molecule has 0 N–H and O–H groups in total. The molecule has 1 saturated heterocycles. The number of carbonyl (C=O) groups is 1. The highest BCUT2D eigenvalue weighted by Gasteiger charge is 2.47. The minimum Gasteiger partial charge on any atom is -0.459 e. The van der Waals surface area contributed by atoms with Crippen molar-refractivity contribution < 1.29 is 28.5 Å². The van der Waals surface area contributed by atoms with Gasteiger partial charge in [0, 0.05) is 6.61 Å². The van der Waals surface area contributed by atoms with Crippen molar-refractivity contribution in [3.05, 3.63) is 108 Å². The van der Waals surface area contributed by atoms with E-state index in [4.69, 9.17) is 23.7 Å². The quantitative estimate of drug-likeness (QED) is 0.133. The van der Waals surface area contributed by atoms with Crippen LogP contribution >= 0.6 is 0 Å². The maximum absolute atomic E-state index is 12.7. The van der Waals surface area contributed by atoms with Gasteiger partial charge in [-0.1, -0.05) is 118 Å². The second-order valence-corrected chi connectivity index (χ2v) is 10.2.